The molecular formula is C20H26ClN3O2. The van der Waals surface area contributed by atoms with Gasteiger partial charge in [0.1, 0.15) is 0 Å². The molecule has 2 aromatic rings. The third kappa shape index (κ3) is 5.44. The van der Waals surface area contributed by atoms with E-state index in [4.69, 9.17) is 5.73 Å². The minimum atomic E-state index is -0.196. The Morgan fingerprint density at radius 1 is 1.12 bits per heavy atom. The summed E-state index contributed by atoms with van der Waals surface area (Å²) >= 11 is 0. The predicted octanol–water partition coefficient (Wildman–Crippen LogP) is 2.68. The summed E-state index contributed by atoms with van der Waals surface area (Å²) in [6.07, 6.45) is 3.01. The average Bonchev–Trinajstić information content (AvgIpc) is 3.48. The van der Waals surface area contributed by atoms with Crippen LogP contribution in [-0.4, -0.2) is 24.9 Å². The monoisotopic (exact) mass is 375 g/mol. The highest BCUT2D eigenvalue weighted by Crippen LogP contribution is 2.28. The van der Waals surface area contributed by atoms with Crippen LogP contribution in [0.4, 0.5) is 0 Å². The van der Waals surface area contributed by atoms with E-state index in [0.717, 1.165) is 23.8 Å². The number of hydrogen-bond acceptors (Lipinski definition) is 3. The molecule has 0 heterocycles. The lowest BCUT2D eigenvalue weighted by molar-refractivity contribution is -0.123. The first-order valence-corrected chi connectivity index (χ1v) is 8.93. The number of nitrogens with one attached hydrogen (secondary N) is 2. The van der Waals surface area contributed by atoms with E-state index in [2.05, 4.69) is 28.8 Å². The molecule has 0 radical (unpaired) electrons. The first-order valence-electron chi connectivity index (χ1n) is 8.93. The maximum atomic E-state index is 12.2. The van der Waals surface area contributed by atoms with Gasteiger partial charge in [0.25, 0.3) is 0 Å². The molecule has 1 fully saturated rings. The zero-order chi connectivity index (χ0) is 17.6. The summed E-state index contributed by atoms with van der Waals surface area (Å²) in [4.78, 5) is 23.7. The van der Waals surface area contributed by atoms with Gasteiger partial charge in [-0.3, -0.25) is 9.59 Å². The van der Waals surface area contributed by atoms with Crippen molar-refractivity contribution in [1.29, 1.82) is 0 Å². The van der Waals surface area contributed by atoms with Crippen LogP contribution >= 0.6 is 12.4 Å². The Labute approximate surface area is 160 Å². The van der Waals surface area contributed by atoms with Crippen LogP contribution in [0.25, 0.3) is 10.8 Å². The number of amides is 2. The molecule has 2 amide bonds. The number of hydrogen-bond donors (Lipinski definition) is 3. The van der Waals surface area contributed by atoms with E-state index in [1.54, 1.807) is 0 Å². The Bertz CT molecular complexity index is 762. The van der Waals surface area contributed by atoms with Gasteiger partial charge >= 0.3 is 0 Å². The Kier molecular flexibility index (Phi) is 7.42. The topological polar surface area (TPSA) is 84.2 Å². The van der Waals surface area contributed by atoms with E-state index in [-0.39, 0.29) is 36.2 Å². The fraction of sp³-hybridized carbons (Fsp3) is 0.400. The van der Waals surface area contributed by atoms with Crippen molar-refractivity contribution in [3.63, 3.8) is 0 Å². The molecule has 6 heteroatoms. The Morgan fingerprint density at radius 2 is 1.85 bits per heavy atom. The second kappa shape index (κ2) is 9.55. The SMILES string of the molecule is Cl.NCC(NC(=O)CCCNC(=O)C1CC1)c1ccc2ccccc2c1. The summed E-state index contributed by atoms with van der Waals surface area (Å²) in [6, 6.07) is 14.1. The lowest BCUT2D eigenvalue weighted by Crippen LogP contribution is -2.34. The van der Waals surface area contributed by atoms with Gasteiger partial charge in [0.05, 0.1) is 6.04 Å². The summed E-state index contributed by atoms with van der Waals surface area (Å²) in [5.41, 5.74) is 6.87. The molecule has 0 aliphatic heterocycles. The fourth-order valence-corrected chi connectivity index (χ4v) is 2.92. The van der Waals surface area contributed by atoms with Gasteiger partial charge in [0.2, 0.25) is 11.8 Å². The normalized spacial score (nSPS) is 14.3. The molecular weight excluding hydrogens is 350 g/mol. The molecule has 2 aromatic carbocycles. The zero-order valence-electron chi connectivity index (χ0n) is 14.7. The average molecular weight is 376 g/mol. The van der Waals surface area contributed by atoms with Crippen molar-refractivity contribution in [2.24, 2.45) is 11.7 Å². The second-order valence-corrected chi connectivity index (χ2v) is 6.63. The molecule has 0 aromatic heterocycles. The lowest BCUT2D eigenvalue weighted by atomic mass is 10.0. The Balaban J connectivity index is 0.00000243. The van der Waals surface area contributed by atoms with Crippen molar-refractivity contribution < 1.29 is 9.59 Å². The number of halogens is 1. The molecule has 1 aliphatic rings. The molecule has 1 aliphatic carbocycles. The maximum absolute atomic E-state index is 12.2. The quantitative estimate of drug-likeness (QED) is 0.620. The molecule has 1 unspecified atom stereocenters. The van der Waals surface area contributed by atoms with Crippen LogP contribution in [0.5, 0.6) is 0 Å². The third-order valence-electron chi connectivity index (χ3n) is 4.57. The molecule has 1 saturated carbocycles. The summed E-state index contributed by atoms with van der Waals surface area (Å²) < 4.78 is 0. The summed E-state index contributed by atoms with van der Waals surface area (Å²) in [5.74, 6) is 0.295. The minimum absolute atomic E-state index is 0. The smallest absolute Gasteiger partial charge is 0.223 e. The predicted molar refractivity (Wildman–Crippen MR) is 106 cm³/mol. The van der Waals surface area contributed by atoms with Crippen LogP contribution in [0.1, 0.15) is 37.3 Å². The first-order chi connectivity index (χ1) is 12.2. The Hall–Kier alpha value is -2.11. The van der Waals surface area contributed by atoms with Crippen molar-refractivity contribution >= 4 is 35.0 Å². The van der Waals surface area contributed by atoms with E-state index in [0.29, 0.717) is 25.9 Å². The van der Waals surface area contributed by atoms with Gasteiger partial charge in [-0.1, -0.05) is 36.4 Å². The van der Waals surface area contributed by atoms with Gasteiger partial charge in [-0.2, -0.15) is 0 Å². The number of benzene rings is 2. The van der Waals surface area contributed by atoms with E-state index in [9.17, 15) is 9.59 Å². The molecule has 140 valence electrons. The lowest BCUT2D eigenvalue weighted by Gasteiger charge is -2.18. The third-order valence-corrected chi connectivity index (χ3v) is 4.57. The van der Waals surface area contributed by atoms with Gasteiger partial charge in [-0.05, 0) is 41.7 Å². The van der Waals surface area contributed by atoms with Crippen molar-refractivity contribution in [1.82, 2.24) is 10.6 Å². The maximum Gasteiger partial charge on any atom is 0.223 e. The largest absolute Gasteiger partial charge is 0.356 e. The summed E-state index contributed by atoms with van der Waals surface area (Å²) in [7, 11) is 0. The van der Waals surface area contributed by atoms with Crippen molar-refractivity contribution in [2.45, 2.75) is 31.7 Å². The van der Waals surface area contributed by atoms with E-state index < -0.39 is 0 Å². The molecule has 3 rings (SSSR count). The fourth-order valence-electron chi connectivity index (χ4n) is 2.92. The van der Waals surface area contributed by atoms with Gasteiger partial charge in [-0.25, -0.2) is 0 Å². The highest BCUT2D eigenvalue weighted by Gasteiger charge is 2.29. The summed E-state index contributed by atoms with van der Waals surface area (Å²) in [6.45, 7) is 0.897. The molecule has 5 nitrogen and oxygen atoms in total. The van der Waals surface area contributed by atoms with Gasteiger partial charge in [0, 0.05) is 25.4 Å². The molecule has 0 spiro atoms. The second-order valence-electron chi connectivity index (χ2n) is 6.63. The number of nitrogens with two attached hydrogens (primary N) is 1. The van der Waals surface area contributed by atoms with Crippen LogP contribution in [-0.2, 0) is 9.59 Å². The molecule has 1 atom stereocenters. The number of carbonyl (C=O) groups excluding carboxylic acids is 2. The van der Waals surface area contributed by atoms with Gasteiger partial charge < -0.3 is 16.4 Å². The van der Waals surface area contributed by atoms with Gasteiger partial charge in [0.15, 0.2) is 0 Å². The van der Waals surface area contributed by atoms with Crippen LogP contribution in [0.3, 0.4) is 0 Å². The van der Waals surface area contributed by atoms with Crippen molar-refractivity contribution in [3.05, 3.63) is 48.0 Å². The first kappa shape index (κ1) is 20.2. The standard InChI is InChI=1S/C20H25N3O2.ClH/c21-13-18(17-10-7-14-4-1-2-5-16(14)12-17)23-19(24)6-3-11-22-20(25)15-8-9-15;/h1-2,4-5,7,10,12,15,18H,3,6,8-9,11,13,21H2,(H,22,25)(H,23,24);1H. The van der Waals surface area contributed by atoms with Crippen LogP contribution in [0.2, 0.25) is 0 Å². The van der Waals surface area contributed by atoms with E-state index in [1.165, 1.54) is 5.39 Å². The molecule has 0 saturated heterocycles. The van der Waals surface area contributed by atoms with Crippen LogP contribution < -0.4 is 16.4 Å². The minimum Gasteiger partial charge on any atom is -0.356 e. The van der Waals surface area contributed by atoms with E-state index >= 15 is 0 Å². The van der Waals surface area contributed by atoms with E-state index in [1.807, 2.05) is 24.3 Å². The highest BCUT2D eigenvalue weighted by molar-refractivity contribution is 5.85. The van der Waals surface area contributed by atoms with Crippen molar-refractivity contribution in [3.8, 4) is 0 Å². The highest BCUT2D eigenvalue weighted by atomic mass is 35.5. The number of rotatable bonds is 8. The zero-order valence-corrected chi connectivity index (χ0v) is 15.6. The molecule has 26 heavy (non-hydrogen) atoms. The number of carbonyl (C=O) groups is 2. The molecule has 4 N–H and O–H groups in total. The number of fused-ring (bicyclic) bond motifs is 1. The summed E-state index contributed by atoms with van der Waals surface area (Å²) in [5, 5.41) is 8.17. The van der Waals surface area contributed by atoms with Crippen molar-refractivity contribution in [2.75, 3.05) is 13.1 Å². The van der Waals surface area contributed by atoms with Crippen LogP contribution in [0, 0.1) is 5.92 Å². The Morgan fingerprint density at radius 3 is 2.54 bits per heavy atom. The molecule has 0 bridgehead atoms. The van der Waals surface area contributed by atoms with Gasteiger partial charge in [-0.15, -0.1) is 12.4 Å². The van der Waals surface area contributed by atoms with Crippen LogP contribution in [0.15, 0.2) is 42.5 Å².